The van der Waals surface area contributed by atoms with E-state index in [9.17, 15) is 9.59 Å². The molecule has 1 atom stereocenters. The van der Waals surface area contributed by atoms with Gasteiger partial charge in [0.25, 0.3) is 5.91 Å². The quantitative estimate of drug-likeness (QED) is 0.713. The fraction of sp³-hybridized carbons (Fsp3) is 0.438. The molecule has 0 unspecified atom stereocenters. The van der Waals surface area contributed by atoms with Crippen LogP contribution in [0.1, 0.15) is 31.9 Å². The SMILES string of the molecule is COC(=O)N[C@H](C(=O)NNCc1ccc(C#N)cc1)C(C)(C)C. The monoisotopic (exact) mass is 318 g/mol. The van der Waals surface area contributed by atoms with Crippen LogP contribution in [0.3, 0.4) is 0 Å². The normalized spacial score (nSPS) is 12.0. The third-order valence-corrected chi connectivity index (χ3v) is 3.16. The van der Waals surface area contributed by atoms with E-state index < -0.39 is 17.6 Å². The van der Waals surface area contributed by atoms with Gasteiger partial charge in [-0.15, -0.1) is 0 Å². The van der Waals surface area contributed by atoms with Gasteiger partial charge in [-0.2, -0.15) is 5.26 Å². The number of nitrogens with one attached hydrogen (secondary N) is 3. The number of hydrazine groups is 1. The van der Waals surface area contributed by atoms with E-state index in [0.29, 0.717) is 12.1 Å². The number of rotatable bonds is 5. The van der Waals surface area contributed by atoms with Crippen LogP contribution in [0.15, 0.2) is 24.3 Å². The van der Waals surface area contributed by atoms with Gasteiger partial charge in [-0.3, -0.25) is 10.2 Å². The Bertz CT molecular complexity index is 585. The molecule has 0 saturated heterocycles. The number of hydrogen-bond donors (Lipinski definition) is 3. The molecule has 0 aliphatic carbocycles. The Morgan fingerprint density at radius 3 is 2.35 bits per heavy atom. The first-order chi connectivity index (χ1) is 10.8. The minimum atomic E-state index is -0.747. The van der Waals surface area contributed by atoms with E-state index in [-0.39, 0.29) is 5.91 Å². The first-order valence-corrected chi connectivity index (χ1v) is 7.14. The molecular weight excluding hydrogens is 296 g/mol. The van der Waals surface area contributed by atoms with Gasteiger partial charge in [0.2, 0.25) is 0 Å². The molecule has 0 heterocycles. The summed E-state index contributed by atoms with van der Waals surface area (Å²) in [7, 11) is 1.25. The van der Waals surface area contributed by atoms with Gasteiger partial charge in [0, 0.05) is 6.54 Å². The molecule has 0 aliphatic heterocycles. The van der Waals surface area contributed by atoms with Gasteiger partial charge in [0.05, 0.1) is 18.7 Å². The third-order valence-electron chi connectivity index (χ3n) is 3.16. The van der Waals surface area contributed by atoms with Crippen LogP contribution in [-0.2, 0) is 16.1 Å². The molecule has 23 heavy (non-hydrogen) atoms. The van der Waals surface area contributed by atoms with Gasteiger partial charge in [-0.05, 0) is 23.1 Å². The van der Waals surface area contributed by atoms with Crippen LogP contribution in [-0.4, -0.2) is 25.2 Å². The lowest BCUT2D eigenvalue weighted by Gasteiger charge is -2.29. The lowest BCUT2D eigenvalue weighted by atomic mass is 9.86. The van der Waals surface area contributed by atoms with E-state index in [2.05, 4.69) is 20.9 Å². The fourth-order valence-electron chi connectivity index (χ4n) is 1.85. The summed E-state index contributed by atoms with van der Waals surface area (Å²) in [4.78, 5) is 23.6. The lowest BCUT2D eigenvalue weighted by Crippen LogP contribution is -2.56. The van der Waals surface area contributed by atoms with E-state index in [1.165, 1.54) is 7.11 Å². The van der Waals surface area contributed by atoms with E-state index in [1.54, 1.807) is 24.3 Å². The molecule has 0 aliphatic rings. The summed E-state index contributed by atoms with van der Waals surface area (Å²) in [5.74, 6) is -0.364. The summed E-state index contributed by atoms with van der Waals surface area (Å²) >= 11 is 0. The highest BCUT2D eigenvalue weighted by atomic mass is 16.5. The van der Waals surface area contributed by atoms with Crippen LogP contribution < -0.4 is 16.2 Å². The summed E-state index contributed by atoms with van der Waals surface area (Å²) in [6.45, 7) is 5.92. The van der Waals surface area contributed by atoms with Crippen LogP contribution in [0.5, 0.6) is 0 Å². The number of ether oxygens (including phenoxy) is 1. The van der Waals surface area contributed by atoms with Crippen molar-refractivity contribution in [2.24, 2.45) is 5.41 Å². The summed E-state index contributed by atoms with van der Waals surface area (Å²) < 4.78 is 4.54. The molecule has 1 rings (SSSR count). The number of carbonyl (C=O) groups excluding carboxylic acids is 2. The van der Waals surface area contributed by atoms with Crippen LogP contribution in [0.2, 0.25) is 0 Å². The molecule has 7 heteroatoms. The average Bonchev–Trinajstić information content (AvgIpc) is 2.51. The Morgan fingerprint density at radius 2 is 1.87 bits per heavy atom. The first kappa shape index (κ1) is 18.5. The summed E-state index contributed by atoms with van der Waals surface area (Å²) in [5.41, 5.74) is 6.39. The largest absolute Gasteiger partial charge is 0.453 e. The van der Waals surface area contributed by atoms with Crippen molar-refractivity contribution in [3.63, 3.8) is 0 Å². The number of nitriles is 1. The zero-order chi connectivity index (χ0) is 17.5. The maximum Gasteiger partial charge on any atom is 0.407 e. The number of benzene rings is 1. The Kier molecular flexibility index (Phi) is 6.54. The van der Waals surface area contributed by atoms with Crippen molar-refractivity contribution in [2.75, 3.05) is 7.11 Å². The van der Waals surface area contributed by atoms with Crippen molar-refractivity contribution in [2.45, 2.75) is 33.4 Å². The zero-order valence-electron chi connectivity index (χ0n) is 13.8. The highest BCUT2D eigenvalue weighted by Gasteiger charge is 2.33. The molecule has 0 aromatic heterocycles. The third kappa shape index (κ3) is 5.96. The molecule has 1 aromatic carbocycles. The van der Waals surface area contributed by atoms with Gasteiger partial charge < -0.3 is 10.1 Å². The molecule has 7 nitrogen and oxygen atoms in total. The topological polar surface area (TPSA) is 103 Å². The lowest BCUT2D eigenvalue weighted by molar-refractivity contribution is -0.126. The maximum atomic E-state index is 12.2. The summed E-state index contributed by atoms with van der Waals surface area (Å²) in [5, 5.41) is 11.3. The molecule has 1 aromatic rings. The fourth-order valence-corrected chi connectivity index (χ4v) is 1.85. The highest BCUT2D eigenvalue weighted by molar-refractivity contribution is 5.86. The van der Waals surface area contributed by atoms with Crippen molar-refractivity contribution >= 4 is 12.0 Å². The smallest absolute Gasteiger partial charge is 0.407 e. The Hall–Kier alpha value is -2.59. The van der Waals surface area contributed by atoms with Crippen molar-refractivity contribution in [1.82, 2.24) is 16.2 Å². The van der Waals surface area contributed by atoms with Gasteiger partial charge >= 0.3 is 6.09 Å². The summed E-state index contributed by atoms with van der Waals surface area (Å²) in [6, 6.07) is 8.30. The second kappa shape index (κ2) is 8.15. The van der Waals surface area contributed by atoms with Crippen molar-refractivity contribution in [3.8, 4) is 6.07 Å². The van der Waals surface area contributed by atoms with E-state index in [0.717, 1.165) is 5.56 Å². The molecule has 0 fully saturated rings. The second-order valence-corrected chi connectivity index (χ2v) is 6.09. The van der Waals surface area contributed by atoms with Crippen LogP contribution >= 0.6 is 0 Å². The minimum absolute atomic E-state index is 0.364. The molecular formula is C16H22N4O3. The van der Waals surface area contributed by atoms with Gasteiger partial charge in [-0.1, -0.05) is 32.9 Å². The Morgan fingerprint density at radius 1 is 1.26 bits per heavy atom. The second-order valence-electron chi connectivity index (χ2n) is 6.09. The maximum absolute atomic E-state index is 12.2. The number of nitrogens with zero attached hydrogens (tertiary/aromatic N) is 1. The molecule has 3 N–H and O–H groups in total. The van der Waals surface area contributed by atoms with Crippen molar-refractivity contribution in [3.05, 3.63) is 35.4 Å². The van der Waals surface area contributed by atoms with Gasteiger partial charge in [-0.25, -0.2) is 10.2 Å². The standard InChI is InChI=1S/C16H22N4O3/c1-16(2,3)13(19-15(22)23-4)14(21)20-18-10-12-7-5-11(9-17)6-8-12/h5-8,13,18H,10H2,1-4H3,(H,19,22)(H,20,21)/t13-/m1/s1. The van der Waals surface area contributed by atoms with Crippen molar-refractivity contribution in [1.29, 1.82) is 5.26 Å². The molecule has 124 valence electrons. The van der Waals surface area contributed by atoms with Crippen molar-refractivity contribution < 1.29 is 14.3 Å². The van der Waals surface area contributed by atoms with E-state index >= 15 is 0 Å². The number of amides is 2. The minimum Gasteiger partial charge on any atom is -0.453 e. The van der Waals surface area contributed by atoms with Crippen LogP contribution in [0.4, 0.5) is 4.79 Å². The van der Waals surface area contributed by atoms with Crippen LogP contribution in [0.25, 0.3) is 0 Å². The highest BCUT2D eigenvalue weighted by Crippen LogP contribution is 2.19. The number of carbonyl (C=O) groups is 2. The number of methoxy groups -OCH3 is 1. The first-order valence-electron chi connectivity index (χ1n) is 7.14. The molecule has 2 amide bonds. The molecule has 0 saturated carbocycles. The van der Waals surface area contributed by atoms with E-state index in [4.69, 9.17) is 5.26 Å². The Balaban J connectivity index is 2.57. The molecule has 0 bridgehead atoms. The predicted octanol–water partition coefficient (Wildman–Crippen LogP) is 1.45. The molecule has 0 radical (unpaired) electrons. The number of alkyl carbamates (subject to hydrolysis) is 1. The van der Waals surface area contributed by atoms with E-state index in [1.807, 2.05) is 26.8 Å². The average molecular weight is 318 g/mol. The van der Waals surface area contributed by atoms with Gasteiger partial charge in [0.1, 0.15) is 6.04 Å². The van der Waals surface area contributed by atoms with Gasteiger partial charge in [0.15, 0.2) is 0 Å². The number of hydrogen-bond acceptors (Lipinski definition) is 5. The predicted molar refractivity (Wildman–Crippen MR) is 84.9 cm³/mol. The Labute approximate surface area is 136 Å². The van der Waals surface area contributed by atoms with Crippen LogP contribution in [0, 0.1) is 16.7 Å². The molecule has 0 spiro atoms. The summed E-state index contributed by atoms with van der Waals surface area (Å²) in [6.07, 6.45) is -0.660. The zero-order valence-corrected chi connectivity index (χ0v) is 13.8.